The molecule has 1 aromatic carbocycles. The number of amides is 1. The van der Waals surface area contributed by atoms with E-state index in [2.05, 4.69) is 0 Å². The monoisotopic (exact) mass is 267 g/mol. The van der Waals surface area contributed by atoms with E-state index in [9.17, 15) is 4.79 Å². The highest BCUT2D eigenvalue weighted by Gasteiger charge is 2.18. The van der Waals surface area contributed by atoms with Gasteiger partial charge in [0.15, 0.2) is 11.3 Å². The second-order valence-corrected chi connectivity index (χ2v) is 4.28. The van der Waals surface area contributed by atoms with Gasteiger partial charge >= 0.3 is 0 Å². The Balaban J connectivity index is 2.36. The maximum Gasteiger partial charge on any atom is 0.289 e. The van der Waals surface area contributed by atoms with Crippen molar-refractivity contribution in [3.8, 4) is 0 Å². The number of rotatable bonds is 4. The van der Waals surface area contributed by atoms with E-state index in [1.165, 1.54) is 4.90 Å². The highest BCUT2D eigenvalue weighted by Crippen LogP contribution is 2.27. The molecule has 0 spiro atoms. The highest BCUT2D eigenvalue weighted by atomic mass is 35.5. The molecule has 0 unspecified atom stereocenters. The van der Waals surface area contributed by atoms with Crippen molar-refractivity contribution < 1.29 is 14.3 Å². The summed E-state index contributed by atoms with van der Waals surface area (Å²) in [5, 5.41) is 10.2. The first-order chi connectivity index (χ1) is 8.67. The number of aliphatic hydroxyl groups is 1. The van der Waals surface area contributed by atoms with Gasteiger partial charge < -0.3 is 14.4 Å². The summed E-state index contributed by atoms with van der Waals surface area (Å²) in [5.74, 6) is 0.00668. The number of hydrogen-bond donors (Lipinski definition) is 1. The van der Waals surface area contributed by atoms with Crippen LogP contribution in [0.4, 0.5) is 0 Å². The summed E-state index contributed by atoms with van der Waals surface area (Å²) in [6.07, 6.45) is 0. The summed E-state index contributed by atoms with van der Waals surface area (Å²) in [6, 6.07) is 7.03. The van der Waals surface area contributed by atoms with E-state index < -0.39 is 0 Å². The topological polar surface area (TPSA) is 53.7 Å². The first kappa shape index (κ1) is 12.9. The summed E-state index contributed by atoms with van der Waals surface area (Å²) in [4.78, 5) is 13.6. The fraction of sp³-hybridized carbons (Fsp3) is 0.308. The van der Waals surface area contributed by atoms with Crippen molar-refractivity contribution in [3.63, 3.8) is 0 Å². The molecule has 0 aliphatic heterocycles. The molecule has 1 aromatic heterocycles. The Morgan fingerprint density at radius 1 is 1.50 bits per heavy atom. The van der Waals surface area contributed by atoms with Crippen molar-refractivity contribution in [2.45, 2.75) is 6.92 Å². The standard InChI is InChI=1S/C13H14ClNO3/c1-2-15(6-7-16)13(17)11-8-9-4-3-5-10(14)12(9)18-11/h3-5,8,16H,2,6-7H2,1H3. The molecular weight excluding hydrogens is 254 g/mol. The summed E-state index contributed by atoms with van der Waals surface area (Å²) >= 11 is 5.99. The van der Waals surface area contributed by atoms with Crippen LogP contribution in [0.25, 0.3) is 11.0 Å². The van der Waals surface area contributed by atoms with Gasteiger partial charge in [0, 0.05) is 18.5 Å². The lowest BCUT2D eigenvalue weighted by molar-refractivity contribution is 0.0702. The van der Waals surface area contributed by atoms with Gasteiger partial charge in [0.2, 0.25) is 0 Å². The first-order valence-corrected chi connectivity index (χ1v) is 6.13. The molecule has 0 saturated heterocycles. The number of nitrogens with zero attached hydrogens (tertiary/aromatic N) is 1. The first-order valence-electron chi connectivity index (χ1n) is 5.75. The number of hydrogen-bond acceptors (Lipinski definition) is 3. The largest absolute Gasteiger partial charge is 0.449 e. The van der Waals surface area contributed by atoms with Crippen LogP contribution in [0.3, 0.4) is 0 Å². The van der Waals surface area contributed by atoms with Crippen molar-refractivity contribution in [2.75, 3.05) is 19.7 Å². The minimum atomic E-state index is -0.237. The Bertz CT molecular complexity index is 564. The molecule has 1 N–H and O–H groups in total. The second-order valence-electron chi connectivity index (χ2n) is 3.88. The van der Waals surface area contributed by atoms with E-state index in [4.69, 9.17) is 21.1 Å². The van der Waals surface area contributed by atoms with Crippen molar-refractivity contribution in [1.82, 2.24) is 4.90 Å². The lowest BCUT2D eigenvalue weighted by Gasteiger charge is -2.17. The van der Waals surface area contributed by atoms with Crippen LogP contribution in [0.2, 0.25) is 5.02 Å². The molecular formula is C13H14ClNO3. The van der Waals surface area contributed by atoms with Gasteiger partial charge in [-0.05, 0) is 19.1 Å². The van der Waals surface area contributed by atoms with Crippen molar-refractivity contribution in [3.05, 3.63) is 35.0 Å². The van der Waals surface area contributed by atoms with Crippen LogP contribution >= 0.6 is 11.6 Å². The number of benzene rings is 1. The van der Waals surface area contributed by atoms with Gasteiger partial charge in [-0.2, -0.15) is 0 Å². The van der Waals surface area contributed by atoms with Crippen LogP contribution in [0.1, 0.15) is 17.5 Å². The summed E-state index contributed by atoms with van der Waals surface area (Å²) in [6.45, 7) is 2.59. The minimum absolute atomic E-state index is 0.0689. The fourth-order valence-corrected chi connectivity index (χ4v) is 2.03. The Morgan fingerprint density at radius 3 is 2.89 bits per heavy atom. The Morgan fingerprint density at radius 2 is 2.28 bits per heavy atom. The number of halogens is 1. The molecule has 0 aliphatic rings. The third kappa shape index (κ3) is 2.35. The predicted molar refractivity (Wildman–Crippen MR) is 69.9 cm³/mol. The van der Waals surface area contributed by atoms with Gasteiger partial charge in [0.25, 0.3) is 5.91 Å². The van der Waals surface area contributed by atoms with E-state index in [0.29, 0.717) is 23.7 Å². The van der Waals surface area contributed by atoms with Crippen LogP contribution in [0.5, 0.6) is 0 Å². The van der Waals surface area contributed by atoms with E-state index in [-0.39, 0.29) is 18.3 Å². The predicted octanol–water partition coefficient (Wildman–Crippen LogP) is 2.54. The molecule has 2 aromatic rings. The molecule has 18 heavy (non-hydrogen) atoms. The fourth-order valence-electron chi connectivity index (χ4n) is 1.81. The molecule has 96 valence electrons. The molecule has 1 amide bonds. The second kappa shape index (κ2) is 5.42. The molecule has 5 heteroatoms. The van der Waals surface area contributed by atoms with Crippen LogP contribution in [-0.4, -0.2) is 35.6 Å². The van der Waals surface area contributed by atoms with Crippen molar-refractivity contribution >= 4 is 28.5 Å². The number of carbonyl (C=O) groups is 1. The van der Waals surface area contributed by atoms with E-state index >= 15 is 0 Å². The van der Waals surface area contributed by atoms with E-state index in [0.717, 1.165) is 5.39 Å². The number of carbonyl (C=O) groups excluding carboxylic acids is 1. The normalized spacial score (nSPS) is 10.8. The van der Waals surface area contributed by atoms with Gasteiger partial charge in [0.1, 0.15) is 0 Å². The summed E-state index contributed by atoms with van der Waals surface area (Å²) in [5.41, 5.74) is 0.516. The van der Waals surface area contributed by atoms with E-state index in [1.54, 1.807) is 18.2 Å². The molecule has 0 aliphatic carbocycles. The molecule has 0 saturated carbocycles. The van der Waals surface area contributed by atoms with Gasteiger partial charge in [0.05, 0.1) is 11.6 Å². The number of furan rings is 1. The molecule has 2 rings (SSSR count). The molecule has 0 atom stereocenters. The molecule has 0 bridgehead atoms. The van der Waals surface area contributed by atoms with Crippen molar-refractivity contribution in [1.29, 1.82) is 0 Å². The zero-order valence-electron chi connectivity index (χ0n) is 10.0. The summed E-state index contributed by atoms with van der Waals surface area (Å²) in [7, 11) is 0. The third-order valence-corrected chi connectivity index (χ3v) is 3.04. The van der Waals surface area contributed by atoms with Crippen LogP contribution < -0.4 is 0 Å². The Kier molecular flexibility index (Phi) is 3.89. The minimum Gasteiger partial charge on any atom is -0.449 e. The average Bonchev–Trinajstić information content (AvgIpc) is 2.80. The number of para-hydroxylation sites is 1. The van der Waals surface area contributed by atoms with Crippen molar-refractivity contribution in [2.24, 2.45) is 0 Å². The lowest BCUT2D eigenvalue weighted by Crippen LogP contribution is -2.33. The lowest BCUT2D eigenvalue weighted by atomic mass is 10.2. The van der Waals surface area contributed by atoms with Crippen LogP contribution in [0, 0.1) is 0 Å². The number of aliphatic hydroxyl groups excluding tert-OH is 1. The van der Waals surface area contributed by atoms with Gasteiger partial charge in [-0.3, -0.25) is 4.79 Å². The SMILES string of the molecule is CCN(CCO)C(=O)c1cc2cccc(Cl)c2o1. The molecule has 4 nitrogen and oxygen atoms in total. The smallest absolute Gasteiger partial charge is 0.289 e. The Labute approximate surface area is 110 Å². The molecule has 0 radical (unpaired) electrons. The Hall–Kier alpha value is -1.52. The average molecular weight is 268 g/mol. The number of fused-ring (bicyclic) bond motifs is 1. The maximum absolute atomic E-state index is 12.1. The van der Waals surface area contributed by atoms with Gasteiger partial charge in [-0.25, -0.2) is 0 Å². The van der Waals surface area contributed by atoms with Gasteiger partial charge in [-0.15, -0.1) is 0 Å². The van der Waals surface area contributed by atoms with E-state index in [1.807, 2.05) is 13.0 Å². The zero-order valence-corrected chi connectivity index (χ0v) is 10.8. The number of likely N-dealkylation sites (N-methyl/N-ethyl adjacent to an activating group) is 1. The van der Waals surface area contributed by atoms with Crippen LogP contribution in [-0.2, 0) is 0 Å². The third-order valence-electron chi connectivity index (χ3n) is 2.75. The quantitative estimate of drug-likeness (QED) is 0.926. The molecule has 1 heterocycles. The summed E-state index contributed by atoms with van der Waals surface area (Å²) < 4.78 is 5.48. The molecule has 0 fully saturated rings. The van der Waals surface area contributed by atoms with Gasteiger partial charge in [-0.1, -0.05) is 23.7 Å². The van der Waals surface area contributed by atoms with Crippen LogP contribution in [0.15, 0.2) is 28.7 Å². The highest BCUT2D eigenvalue weighted by molar-refractivity contribution is 6.34. The maximum atomic E-state index is 12.1. The zero-order chi connectivity index (χ0) is 13.1.